The van der Waals surface area contributed by atoms with Gasteiger partial charge in [0.05, 0.1) is 5.92 Å². The Labute approximate surface area is 191 Å². The third kappa shape index (κ3) is 4.58. The lowest BCUT2D eigenvalue weighted by atomic mass is 9.44. The maximum absolute atomic E-state index is 13.1. The normalized spacial score (nSPS) is 32.4. The van der Waals surface area contributed by atoms with Crippen molar-refractivity contribution < 1.29 is 46.1 Å². The maximum Gasteiger partial charge on any atom is 0.586 e. The van der Waals surface area contributed by atoms with E-state index in [0.717, 1.165) is 0 Å². The zero-order valence-corrected chi connectivity index (χ0v) is 17.9. The molecule has 9 nitrogen and oxygen atoms in total. The largest absolute Gasteiger partial charge is 0.586 e. The van der Waals surface area contributed by atoms with Gasteiger partial charge in [0.2, 0.25) is 5.91 Å². The van der Waals surface area contributed by atoms with Gasteiger partial charge in [-0.05, 0) is 44.2 Å². The number of hydrogen-bond donors (Lipinski definition) is 3. The van der Waals surface area contributed by atoms with Crippen LogP contribution in [0.1, 0.15) is 32.1 Å². The van der Waals surface area contributed by atoms with Crippen LogP contribution in [-0.4, -0.2) is 55.2 Å². The van der Waals surface area contributed by atoms with Crippen LogP contribution in [0.25, 0.3) is 0 Å². The molecule has 3 saturated carbocycles. The van der Waals surface area contributed by atoms with E-state index in [2.05, 4.69) is 30.2 Å². The van der Waals surface area contributed by atoms with Gasteiger partial charge in [-0.3, -0.25) is 14.9 Å². The third-order valence-corrected chi connectivity index (χ3v) is 6.57. The molecule has 1 aromatic carbocycles. The van der Waals surface area contributed by atoms with Gasteiger partial charge >= 0.3 is 12.9 Å². The highest BCUT2D eigenvalue weighted by Gasteiger charge is 2.69. The molecular formula is C21H23F4N3O6. The molecule has 4 fully saturated rings. The molecule has 186 valence electrons. The van der Waals surface area contributed by atoms with Crippen LogP contribution in [-0.2, 0) is 14.3 Å². The fraction of sp³-hybridized carbons (Fsp3) is 0.619. The molecule has 2 amide bonds. The summed E-state index contributed by atoms with van der Waals surface area (Å²) in [6.07, 6.45) is -1.94. The summed E-state index contributed by atoms with van der Waals surface area (Å²) in [6, 6.07) is 3.88. The topological polar surface area (TPSA) is 107 Å². The zero-order chi connectivity index (χ0) is 24.1. The first-order chi connectivity index (χ1) is 16.0. The lowest BCUT2D eigenvalue weighted by Gasteiger charge is -2.70. The molecule has 2 unspecified atom stereocenters. The van der Waals surface area contributed by atoms with E-state index in [0.29, 0.717) is 32.1 Å². The van der Waals surface area contributed by atoms with Crippen LogP contribution in [0.4, 0.5) is 17.6 Å². The van der Waals surface area contributed by atoms with Gasteiger partial charge < -0.3 is 29.6 Å². The molecule has 2 bridgehead atoms. The first-order valence-electron chi connectivity index (χ1n) is 10.9. The highest BCUT2D eigenvalue weighted by molar-refractivity contribution is 5.82. The number of nitrogens with one attached hydrogen (secondary N) is 3. The van der Waals surface area contributed by atoms with E-state index in [-0.39, 0.29) is 53.7 Å². The first kappa shape index (κ1) is 23.0. The Balaban J connectivity index is 1.02. The van der Waals surface area contributed by atoms with Crippen LogP contribution in [0.2, 0.25) is 0 Å². The molecule has 6 rings (SSSR count). The molecule has 2 atom stereocenters. The summed E-state index contributed by atoms with van der Waals surface area (Å²) in [7, 11) is 0. The SMILES string of the molecule is O=C(COc1ccc2c(c1)OC(F)(F)O2)NC12CC(NC(=O)C3CCC(OC(F)F)NC3)(C1)C2. The second-order valence-electron chi connectivity index (χ2n) is 9.26. The van der Waals surface area contributed by atoms with E-state index in [1.165, 1.54) is 18.2 Å². The molecule has 0 radical (unpaired) electrons. The Hall–Kier alpha value is -2.80. The van der Waals surface area contributed by atoms with Crippen molar-refractivity contribution in [1.29, 1.82) is 0 Å². The third-order valence-electron chi connectivity index (χ3n) is 6.57. The van der Waals surface area contributed by atoms with Crippen molar-refractivity contribution in [1.82, 2.24) is 16.0 Å². The number of amides is 2. The van der Waals surface area contributed by atoms with Crippen LogP contribution in [0.5, 0.6) is 17.2 Å². The number of fused-ring (bicyclic) bond motifs is 1. The second kappa shape index (κ2) is 8.15. The Morgan fingerprint density at radius 3 is 2.47 bits per heavy atom. The van der Waals surface area contributed by atoms with Crippen molar-refractivity contribution in [3.8, 4) is 17.2 Å². The monoisotopic (exact) mass is 489 g/mol. The molecule has 3 N–H and O–H groups in total. The van der Waals surface area contributed by atoms with Crippen LogP contribution in [0, 0.1) is 5.92 Å². The average molecular weight is 489 g/mol. The number of rotatable bonds is 8. The Morgan fingerprint density at radius 2 is 1.79 bits per heavy atom. The first-order valence-corrected chi connectivity index (χ1v) is 10.9. The van der Waals surface area contributed by atoms with Crippen LogP contribution >= 0.6 is 0 Å². The minimum Gasteiger partial charge on any atom is -0.484 e. The van der Waals surface area contributed by atoms with Crippen LogP contribution in [0.15, 0.2) is 18.2 Å². The maximum atomic E-state index is 13.1. The number of alkyl halides is 4. The highest BCUT2D eigenvalue weighted by Crippen LogP contribution is 2.60. The summed E-state index contributed by atoms with van der Waals surface area (Å²) in [4.78, 5) is 24.8. The Kier molecular flexibility index (Phi) is 5.51. The molecule has 1 aromatic rings. The van der Waals surface area contributed by atoms with Crippen molar-refractivity contribution in [3.05, 3.63) is 18.2 Å². The lowest BCUT2D eigenvalue weighted by Crippen LogP contribution is -2.84. The molecule has 2 aliphatic heterocycles. The van der Waals surface area contributed by atoms with Crippen molar-refractivity contribution in [3.63, 3.8) is 0 Å². The molecule has 1 saturated heterocycles. The van der Waals surface area contributed by atoms with E-state index in [1.807, 2.05) is 0 Å². The standard InChI is InChI=1S/C21H23F4N3O6/c22-18(23)32-16-4-1-11(6-26-16)17(30)28-20-8-19(9-20,10-20)27-15(29)7-31-12-2-3-13-14(5-12)34-21(24,25)33-13/h2-3,5,11,16,18,26H,1,4,6-10H2,(H,27,29)(H,28,30). The predicted molar refractivity (Wildman–Crippen MR) is 105 cm³/mol. The van der Waals surface area contributed by atoms with Crippen molar-refractivity contribution in [2.75, 3.05) is 13.2 Å². The molecule has 0 aromatic heterocycles. The zero-order valence-electron chi connectivity index (χ0n) is 17.9. The summed E-state index contributed by atoms with van der Waals surface area (Å²) < 4.78 is 69.2. The molecule has 2 heterocycles. The number of piperidine rings is 1. The Bertz CT molecular complexity index is 965. The van der Waals surface area contributed by atoms with E-state index in [1.54, 1.807) is 0 Å². The number of carbonyl (C=O) groups excluding carboxylic acids is 2. The van der Waals surface area contributed by atoms with Crippen LogP contribution in [0.3, 0.4) is 0 Å². The summed E-state index contributed by atoms with van der Waals surface area (Å²) in [5, 5.41) is 8.75. The quantitative estimate of drug-likeness (QED) is 0.479. The summed E-state index contributed by atoms with van der Waals surface area (Å²) in [6.45, 7) is -2.91. The van der Waals surface area contributed by atoms with Gasteiger partial charge in [0, 0.05) is 23.7 Å². The highest BCUT2D eigenvalue weighted by atomic mass is 19.3. The molecular weight excluding hydrogens is 466 g/mol. The minimum absolute atomic E-state index is 0.117. The summed E-state index contributed by atoms with van der Waals surface area (Å²) in [5.74, 6) is -0.951. The van der Waals surface area contributed by atoms with E-state index in [9.17, 15) is 27.2 Å². The van der Waals surface area contributed by atoms with Gasteiger partial charge in [-0.25, -0.2) is 0 Å². The Morgan fingerprint density at radius 1 is 1.09 bits per heavy atom. The van der Waals surface area contributed by atoms with E-state index >= 15 is 0 Å². The van der Waals surface area contributed by atoms with Crippen molar-refractivity contribution in [2.45, 2.75) is 62.3 Å². The van der Waals surface area contributed by atoms with Gasteiger partial charge in [-0.15, -0.1) is 8.78 Å². The smallest absolute Gasteiger partial charge is 0.484 e. The summed E-state index contributed by atoms with van der Waals surface area (Å²) in [5.41, 5.74) is -0.754. The van der Waals surface area contributed by atoms with Gasteiger partial charge in [0.1, 0.15) is 12.0 Å². The second-order valence-corrected chi connectivity index (χ2v) is 9.26. The number of hydrogen-bond acceptors (Lipinski definition) is 7. The average Bonchev–Trinajstić information content (AvgIpc) is 3.02. The molecule has 34 heavy (non-hydrogen) atoms. The van der Waals surface area contributed by atoms with E-state index in [4.69, 9.17) is 4.74 Å². The fourth-order valence-electron chi connectivity index (χ4n) is 5.21. The molecule has 5 aliphatic rings. The molecule has 3 aliphatic carbocycles. The van der Waals surface area contributed by atoms with Crippen molar-refractivity contribution >= 4 is 11.8 Å². The number of carbonyl (C=O) groups is 2. The number of ether oxygens (including phenoxy) is 4. The van der Waals surface area contributed by atoms with Gasteiger partial charge in [-0.1, -0.05) is 0 Å². The van der Waals surface area contributed by atoms with E-state index < -0.39 is 24.7 Å². The minimum atomic E-state index is -3.73. The fourth-order valence-corrected chi connectivity index (χ4v) is 5.21. The van der Waals surface area contributed by atoms with Gasteiger partial charge in [-0.2, -0.15) is 8.78 Å². The van der Waals surface area contributed by atoms with Crippen LogP contribution < -0.4 is 30.2 Å². The van der Waals surface area contributed by atoms with Gasteiger partial charge in [0.15, 0.2) is 18.1 Å². The summed E-state index contributed by atoms with van der Waals surface area (Å²) >= 11 is 0. The molecule has 0 spiro atoms. The molecule has 13 heteroatoms. The lowest BCUT2D eigenvalue weighted by molar-refractivity contribution is -0.286. The number of benzene rings is 1. The number of halogens is 4. The van der Waals surface area contributed by atoms with Gasteiger partial charge in [0.25, 0.3) is 5.91 Å². The predicted octanol–water partition coefficient (Wildman–Crippen LogP) is 1.86. The van der Waals surface area contributed by atoms with Crippen molar-refractivity contribution in [2.24, 2.45) is 5.92 Å².